The molecule has 0 spiro atoms. The second-order valence-electron chi connectivity index (χ2n) is 6.31. The molecule has 1 N–H and O–H groups in total. The van der Waals surface area contributed by atoms with Gasteiger partial charge in [-0.3, -0.25) is 4.98 Å². The van der Waals surface area contributed by atoms with E-state index >= 15 is 0 Å². The number of hydrogen-bond acceptors (Lipinski definition) is 2. The summed E-state index contributed by atoms with van der Waals surface area (Å²) in [5.41, 5.74) is 2.14. The maximum atomic E-state index is 9.03. The molecule has 1 aliphatic carbocycles. The van der Waals surface area contributed by atoms with Crippen LogP contribution in [0, 0.1) is 5.92 Å². The molecule has 0 amide bonds. The maximum Gasteiger partial charge on any atom is 0.0852 e. The minimum atomic E-state index is 0.0464. The van der Waals surface area contributed by atoms with Crippen LogP contribution in [0.4, 0.5) is 0 Å². The first kappa shape index (κ1) is 15.5. The molecule has 112 valence electrons. The van der Waals surface area contributed by atoms with Crippen molar-refractivity contribution in [2.75, 3.05) is 0 Å². The molecule has 1 fully saturated rings. The molecule has 2 rings (SSSR count). The van der Waals surface area contributed by atoms with Crippen molar-refractivity contribution in [1.82, 2.24) is 4.98 Å². The second kappa shape index (κ2) is 8.41. The lowest BCUT2D eigenvalue weighted by molar-refractivity contribution is 0.276. The van der Waals surface area contributed by atoms with Crippen LogP contribution in [0.2, 0.25) is 0 Å². The molecule has 0 radical (unpaired) electrons. The summed E-state index contributed by atoms with van der Waals surface area (Å²) >= 11 is 0. The molecule has 1 aliphatic rings. The summed E-state index contributed by atoms with van der Waals surface area (Å²) in [4.78, 5) is 4.31. The van der Waals surface area contributed by atoms with Gasteiger partial charge in [0.15, 0.2) is 0 Å². The van der Waals surface area contributed by atoms with Crippen LogP contribution in [0.15, 0.2) is 18.3 Å². The average Bonchev–Trinajstić information content (AvgIpc) is 2.52. The molecule has 2 nitrogen and oxygen atoms in total. The molecule has 1 aromatic rings. The van der Waals surface area contributed by atoms with Crippen LogP contribution >= 0.6 is 0 Å². The fourth-order valence-corrected chi connectivity index (χ4v) is 3.42. The third kappa shape index (κ3) is 4.59. The summed E-state index contributed by atoms with van der Waals surface area (Å²) in [6, 6.07) is 4.12. The number of nitrogens with zero attached hydrogens (tertiary/aromatic N) is 1. The summed E-state index contributed by atoms with van der Waals surface area (Å²) in [5.74, 6) is 1.66. The smallest absolute Gasteiger partial charge is 0.0852 e. The van der Waals surface area contributed by atoms with Gasteiger partial charge in [-0.2, -0.15) is 0 Å². The Kier molecular flexibility index (Phi) is 6.52. The van der Waals surface area contributed by atoms with Crippen LogP contribution in [0.1, 0.15) is 81.9 Å². The van der Waals surface area contributed by atoms with E-state index in [9.17, 15) is 0 Å². The quantitative estimate of drug-likeness (QED) is 0.724. The molecule has 1 heterocycles. The van der Waals surface area contributed by atoms with Gasteiger partial charge in [-0.1, -0.05) is 45.1 Å². The predicted octanol–water partition coefficient (Wildman–Crippen LogP) is 4.82. The Morgan fingerprint density at radius 3 is 2.50 bits per heavy atom. The molecular formula is C18H29NO. The van der Waals surface area contributed by atoms with Crippen LogP contribution in [0.3, 0.4) is 0 Å². The first-order valence-corrected chi connectivity index (χ1v) is 8.39. The van der Waals surface area contributed by atoms with Crippen LogP contribution in [0.5, 0.6) is 0 Å². The van der Waals surface area contributed by atoms with Crippen molar-refractivity contribution in [2.24, 2.45) is 5.92 Å². The highest BCUT2D eigenvalue weighted by molar-refractivity contribution is 5.18. The zero-order valence-corrected chi connectivity index (χ0v) is 12.9. The fraction of sp³-hybridized carbons (Fsp3) is 0.722. The van der Waals surface area contributed by atoms with Gasteiger partial charge in [-0.15, -0.1) is 0 Å². The van der Waals surface area contributed by atoms with Gasteiger partial charge in [0.25, 0.3) is 0 Å². The molecule has 0 aromatic carbocycles. The van der Waals surface area contributed by atoms with Gasteiger partial charge in [0.05, 0.1) is 12.3 Å². The average molecular weight is 275 g/mol. The molecule has 0 unspecified atom stereocenters. The molecule has 0 aliphatic heterocycles. The fourth-order valence-electron chi connectivity index (χ4n) is 3.42. The maximum absolute atomic E-state index is 9.03. The first-order chi connectivity index (χ1) is 9.83. The Hall–Kier alpha value is -0.890. The minimum absolute atomic E-state index is 0.0464. The van der Waals surface area contributed by atoms with E-state index in [1.54, 1.807) is 0 Å². The third-order valence-electron chi connectivity index (χ3n) is 4.79. The normalized spacial score (nSPS) is 22.9. The summed E-state index contributed by atoms with van der Waals surface area (Å²) in [7, 11) is 0. The molecule has 0 atom stereocenters. The summed E-state index contributed by atoms with van der Waals surface area (Å²) in [6.07, 6.45) is 14.4. The second-order valence-corrected chi connectivity index (χ2v) is 6.31. The van der Waals surface area contributed by atoms with E-state index in [0.29, 0.717) is 5.92 Å². The highest BCUT2D eigenvalue weighted by Crippen LogP contribution is 2.37. The van der Waals surface area contributed by atoms with Gasteiger partial charge >= 0.3 is 0 Å². The van der Waals surface area contributed by atoms with Crippen molar-refractivity contribution < 1.29 is 5.11 Å². The molecule has 0 saturated heterocycles. The van der Waals surface area contributed by atoms with Crippen molar-refractivity contribution in [2.45, 2.75) is 77.2 Å². The highest BCUT2D eigenvalue weighted by atomic mass is 16.3. The zero-order valence-electron chi connectivity index (χ0n) is 12.9. The van der Waals surface area contributed by atoms with Crippen molar-refractivity contribution >= 4 is 0 Å². The van der Waals surface area contributed by atoms with Crippen LogP contribution < -0.4 is 0 Å². The van der Waals surface area contributed by atoms with E-state index in [2.05, 4.69) is 18.0 Å². The SMILES string of the molecule is CCCCCCC1CCC(c2ccc(CO)nc2)CC1. The summed E-state index contributed by atoms with van der Waals surface area (Å²) in [6.45, 7) is 2.33. The van der Waals surface area contributed by atoms with Crippen LogP contribution in [-0.2, 0) is 6.61 Å². The number of pyridine rings is 1. The highest BCUT2D eigenvalue weighted by Gasteiger charge is 2.22. The Balaban J connectivity index is 1.73. The lowest BCUT2D eigenvalue weighted by Gasteiger charge is -2.28. The van der Waals surface area contributed by atoms with Gasteiger partial charge in [-0.25, -0.2) is 0 Å². The van der Waals surface area contributed by atoms with Gasteiger partial charge in [0.1, 0.15) is 0 Å². The van der Waals surface area contributed by atoms with Crippen molar-refractivity contribution in [3.05, 3.63) is 29.6 Å². The number of unbranched alkanes of at least 4 members (excludes halogenated alkanes) is 3. The minimum Gasteiger partial charge on any atom is -0.390 e. The topological polar surface area (TPSA) is 33.1 Å². The van der Waals surface area contributed by atoms with Crippen LogP contribution in [0.25, 0.3) is 0 Å². The monoisotopic (exact) mass is 275 g/mol. The van der Waals surface area contributed by atoms with Crippen molar-refractivity contribution in [3.8, 4) is 0 Å². The predicted molar refractivity (Wildman–Crippen MR) is 83.6 cm³/mol. The molecule has 2 heteroatoms. The van der Waals surface area contributed by atoms with Gasteiger partial charge < -0.3 is 5.11 Å². The molecule has 1 aromatic heterocycles. The Bertz CT molecular complexity index is 366. The molecule has 1 saturated carbocycles. The number of hydrogen-bond donors (Lipinski definition) is 1. The molecule has 20 heavy (non-hydrogen) atoms. The molecular weight excluding hydrogens is 246 g/mol. The Morgan fingerprint density at radius 2 is 1.90 bits per heavy atom. The summed E-state index contributed by atoms with van der Waals surface area (Å²) in [5, 5.41) is 9.03. The standard InChI is InChI=1S/C18H29NO/c1-2-3-4-5-6-15-7-9-16(10-8-15)17-11-12-18(14-20)19-13-17/h11-13,15-16,20H,2-10,14H2,1H3. The largest absolute Gasteiger partial charge is 0.390 e. The molecule has 0 bridgehead atoms. The number of rotatable bonds is 7. The van der Waals surface area contributed by atoms with E-state index in [-0.39, 0.29) is 6.61 Å². The first-order valence-electron chi connectivity index (χ1n) is 8.39. The van der Waals surface area contributed by atoms with E-state index in [1.165, 1.54) is 63.4 Å². The van der Waals surface area contributed by atoms with Gasteiger partial charge in [-0.05, 0) is 49.1 Å². The lowest BCUT2D eigenvalue weighted by Crippen LogP contribution is -2.13. The van der Waals surface area contributed by atoms with E-state index in [4.69, 9.17) is 5.11 Å². The third-order valence-corrected chi connectivity index (χ3v) is 4.79. The van der Waals surface area contributed by atoms with E-state index in [1.807, 2.05) is 12.3 Å². The number of aliphatic hydroxyl groups excluding tert-OH is 1. The van der Waals surface area contributed by atoms with E-state index < -0.39 is 0 Å². The van der Waals surface area contributed by atoms with Crippen molar-refractivity contribution in [3.63, 3.8) is 0 Å². The Labute approximate surface area is 123 Å². The Morgan fingerprint density at radius 1 is 1.10 bits per heavy atom. The van der Waals surface area contributed by atoms with Gasteiger partial charge in [0.2, 0.25) is 0 Å². The van der Waals surface area contributed by atoms with Gasteiger partial charge in [0, 0.05) is 6.20 Å². The summed E-state index contributed by atoms with van der Waals surface area (Å²) < 4.78 is 0. The van der Waals surface area contributed by atoms with Crippen molar-refractivity contribution in [1.29, 1.82) is 0 Å². The van der Waals surface area contributed by atoms with Crippen LogP contribution in [-0.4, -0.2) is 10.1 Å². The van der Waals surface area contributed by atoms with E-state index in [0.717, 1.165) is 11.6 Å². The zero-order chi connectivity index (χ0) is 14.2. The number of aliphatic hydroxyl groups is 1. The number of aromatic nitrogens is 1. The lowest BCUT2D eigenvalue weighted by atomic mass is 9.77.